The summed E-state index contributed by atoms with van der Waals surface area (Å²) in [6.45, 7) is 4.36. The number of aldehydes is 1. The van der Waals surface area contributed by atoms with Gasteiger partial charge >= 0.3 is 0 Å². The maximum Gasteiger partial charge on any atom is 0.254 e. The molecule has 0 radical (unpaired) electrons. The summed E-state index contributed by atoms with van der Waals surface area (Å²) >= 11 is 0. The van der Waals surface area contributed by atoms with Crippen molar-refractivity contribution < 1.29 is 19.2 Å². The van der Waals surface area contributed by atoms with Crippen LogP contribution in [0.15, 0.2) is 42.5 Å². The van der Waals surface area contributed by atoms with Gasteiger partial charge in [-0.15, -0.1) is 0 Å². The number of hydrogen-bond acceptors (Lipinski definition) is 5. The fourth-order valence-electron chi connectivity index (χ4n) is 4.83. The van der Waals surface area contributed by atoms with E-state index in [0.717, 1.165) is 49.0 Å². The van der Waals surface area contributed by atoms with Crippen LogP contribution in [0.3, 0.4) is 0 Å². The Morgan fingerprint density at radius 2 is 1.85 bits per heavy atom. The van der Waals surface area contributed by atoms with Crippen molar-refractivity contribution in [2.24, 2.45) is 0 Å². The minimum Gasteiger partial charge on any atom is -0.371 e. The van der Waals surface area contributed by atoms with Gasteiger partial charge in [-0.2, -0.15) is 0 Å². The molecule has 33 heavy (non-hydrogen) atoms. The number of nitrogens with zero attached hydrogens (tertiary/aromatic N) is 2. The van der Waals surface area contributed by atoms with Crippen molar-refractivity contribution in [1.29, 1.82) is 0 Å². The summed E-state index contributed by atoms with van der Waals surface area (Å²) in [6, 6.07) is 13.9. The maximum absolute atomic E-state index is 12.9. The maximum atomic E-state index is 12.9. The molecule has 0 spiro atoms. The lowest BCUT2D eigenvalue weighted by molar-refractivity contribution is -0.125. The molecule has 1 saturated heterocycles. The zero-order chi connectivity index (χ0) is 23.4. The minimum absolute atomic E-state index is 0.00248. The molecule has 2 aliphatic rings. The molecule has 7 nitrogen and oxygen atoms in total. The molecule has 1 atom stereocenters. The first kappa shape index (κ1) is 22.7. The van der Waals surface area contributed by atoms with Crippen molar-refractivity contribution in [2.75, 3.05) is 18.0 Å². The molecule has 7 heteroatoms. The highest BCUT2D eigenvalue weighted by molar-refractivity contribution is 5.99. The average Bonchev–Trinajstić information content (AvgIpc) is 3.18. The summed E-state index contributed by atoms with van der Waals surface area (Å²) in [5, 5.41) is 2.14. The lowest BCUT2D eigenvalue weighted by Gasteiger charge is -2.34. The minimum atomic E-state index is -0.327. The topological polar surface area (TPSA) is 86.8 Å². The van der Waals surface area contributed by atoms with Gasteiger partial charge in [0.1, 0.15) is 6.29 Å². The summed E-state index contributed by atoms with van der Waals surface area (Å²) in [6.07, 6.45) is 4.06. The van der Waals surface area contributed by atoms with Gasteiger partial charge in [-0.3, -0.25) is 24.5 Å². The number of piperidine rings is 1. The number of benzene rings is 2. The van der Waals surface area contributed by atoms with E-state index in [2.05, 4.69) is 28.4 Å². The normalized spacial score (nSPS) is 16.9. The number of fused-ring (bicyclic) bond motifs is 1. The largest absolute Gasteiger partial charge is 0.371 e. The Bertz CT molecular complexity index is 1040. The van der Waals surface area contributed by atoms with Crippen LogP contribution in [0.2, 0.25) is 0 Å². The third-order valence-electron chi connectivity index (χ3n) is 6.87. The van der Waals surface area contributed by atoms with Crippen LogP contribution >= 0.6 is 0 Å². The molecular formula is C26H29N3O4. The number of carbonyl (C=O) groups is 4. The highest BCUT2D eigenvalue weighted by Crippen LogP contribution is 2.33. The molecule has 2 aromatic carbocycles. The van der Waals surface area contributed by atoms with Crippen molar-refractivity contribution >= 4 is 30.2 Å². The Balaban J connectivity index is 1.36. The molecule has 1 unspecified atom stereocenters. The van der Waals surface area contributed by atoms with Crippen LogP contribution in [0.1, 0.15) is 70.4 Å². The van der Waals surface area contributed by atoms with Gasteiger partial charge in [0, 0.05) is 48.9 Å². The second kappa shape index (κ2) is 9.98. The number of nitrogens with one attached hydrogen (secondary N) is 1. The Morgan fingerprint density at radius 1 is 1.12 bits per heavy atom. The number of anilines is 1. The molecular weight excluding hydrogens is 418 g/mol. The number of carbonyl (C=O) groups excluding carboxylic acids is 4. The standard InChI is InChI=1S/C26H29N3O4/c1-18(2-9-25(32)27-17-31)29-15-22-14-23(7-8-24(22)26(29)33)28-12-10-21(11-13-28)20-5-3-19(16-30)4-6-20/h3-8,14,16-18,21H,2,9-13,15H2,1H3,(H,27,31,32). The van der Waals surface area contributed by atoms with Gasteiger partial charge in [-0.25, -0.2) is 0 Å². The molecule has 2 heterocycles. The Labute approximate surface area is 193 Å². The SMILES string of the molecule is CC(CCC(=O)NC=O)N1Cc2cc(N3CCC(c4ccc(C=O)cc4)CC3)ccc2C1=O. The highest BCUT2D eigenvalue weighted by atomic mass is 16.2. The molecule has 1 N–H and O–H groups in total. The van der Waals surface area contributed by atoms with Crippen LogP contribution in [-0.4, -0.2) is 48.5 Å². The van der Waals surface area contributed by atoms with Crippen molar-refractivity contribution in [3.63, 3.8) is 0 Å². The van der Waals surface area contributed by atoms with E-state index in [1.54, 1.807) is 4.90 Å². The fraction of sp³-hybridized carbons (Fsp3) is 0.385. The van der Waals surface area contributed by atoms with Gasteiger partial charge in [0.05, 0.1) is 0 Å². The second-order valence-electron chi connectivity index (χ2n) is 8.89. The first-order valence-corrected chi connectivity index (χ1v) is 11.5. The first-order valence-electron chi connectivity index (χ1n) is 11.5. The lowest BCUT2D eigenvalue weighted by atomic mass is 9.89. The summed E-state index contributed by atoms with van der Waals surface area (Å²) in [5.41, 5.74) is 4.88. The highest BCUT2D eigenvalue weighted by Gasteiger charge is 2.31. The molecule has 0 aliphatic carbocycles. The Kier molecular flexibility index (Phi) is 6.87. The zero-order valence-electron chi connectivity index (χ0n) is 18.8. The number of imide groups is 1. The quantitative estimate of drug-likeness (QED) is 0.628. The smallest absolute Gasteiger partial charge is 0.254 e. The van der Waals surface area contributed by atoms with Crippen LogP contribution in [0.4, 0.5) is 5.69 Å². The molecule has 0 saturated carbocycles. The first-order chi connectivity index (χ1) is 16.0. The van der Waals surface area contributed by atoms with Gasteiger partial charge in [0.2, 0.25) is 12.3 Å². The van der Waals surface area contributed by atoms with E-state index < -0.39 is 0 Å². The van der Waals surface area contributed by atoms with E-state index >= 15 is 0 Å². The third kappa shape index (κ3) is 4.97. The summed E-state index contributed by atoms with van der Waals surface area (Å²) in [4.78, 5) is 49.9. The van der Waals surface area contributed by atoms with Crippen LogP contribution in [0, 0.1) is 0 Å². The monoisotopic (exact) mass is 447 g/mol. The fourth-order valence-corrected chi connectivity index (χ4v) is 4.83. The Hall–Kier alpha value is -3.48. The second-order valence-corrected chi connectivity index (χ2v) is 8.89. The lowest BCUT2D eigenvalue weighted by Crippen LogP contribution is -2.34. The summed E-state index contributed by atoms with van der Waals surface area (Å²) in [7, 11) is 0. The molecule has 2 aromatic rings. The van der Waals surface area contributed by atoms with E-state index in [9.17, 15) is 19.2 Å². The third-order valence-corrected chi connectivity index (χ3v) is 6.87. The van der Waals surface area contributed by atoms with Crippen molar-refractivity contribution in [1.82, 2.24) is 10.2 Å². The van der Waals surface area contributed by atoms with Gasteiger partial charge in [0.15, 0.2) is 0 Å². The zero-order valence-corrected chi connectivity index (χ0v) is 18.8. The van der Waals surface area contributed by atoms with E-state index in [4.69, 9.17) is 0 Å². The van der Waals surface area contributed by atoms with E-state index in [0.29, 0.717) is 30.9 Å². The summed E-state index contributed by atoms with van der Waals surface area (Å²) < 4.78 is 0. The van der Waals surface area contributed by atoms with Gasteiger partial charge < -0.3 is 9.80 Å². The number of amides is 3. The van der Waals surface area contributed by atoms with Crippen molar-refractivity contribution in [2.45, 2.75) is 51.1 Å². The number of rotatable bonds is 8. The van der Waals surface area contributed by atoms with E-state index in [1.807, 2.05) is 31.2 Å². The van der Waals surface area contributed by atoms with Gasteiger partial charge in [-0.1, -0.05) is 24.3 Å². The van der Waals surface area contributed by atoms with Crippen molar-refractivity contribution in [3.8, 4) is 0 Å². The molecule has 172 valence electrons. The van der Waals surface area contributed by atoms with Crippen LogP contribution < -0.4 is 10.2 Å². The molecule has 0 bridgehead atoms. The van der Waals surface area contributed by atoms with E-state index in [-0.39, 0.29) is 24.3 Å². The summed E-state index contributed by atoms with van der Waals surface area (Å²) in [5.74, 6) is 0.161. The Morgan fingerprint density at radius 3 is 2.52 bits per heavy atom. The van der Waals surface area contributed by atoms with E-state index in [1.165, 1.54) is 5.56 Å². The van der Waals surface area contributed by atoms with Crippen LogP contribution in [0.5, 0.6) is 0 Å². The van der Waals surface area contributed by atoms with Crippen LogP contribution in [0.25, 0.3) is 0 Å². The number of hydrogen-bond donors (Lipinski definition) is 1. The molecule has 0 aromatic heterocycles. The molecule has 1 fully saturated rings. The molecule has 3 amide bonds. The predicted molar refractivity (Wildman–Crippen MR) is 125 cm³/mol. The predicted octanol–water partition coefficient (Wildman–Crippen LogP) is 3.28. The van der Waals surface area contributed by atoms with Crippen molar-refractivity contribution in [3.05, 3.63) is 64.7 Å². The molecule has 4 rings (SSSR count). The molecule has 2 aliphatic heterocycles. The van der Waals surface area contributed by atoms with Gasteiger partial charge in [-0.05, 0) is 61.4 Å². The van der Waals surface area contributed by atoms with Crippen LogP contribution in [-0.2, 0) is 16.1 Å². The average molecular weight is 448 g/mol. The van der Waals surface area contributed by atoms with Gasteiger partial charge in [0.25, 0.3) is 5.91 Å².